The van der Waals surface area contributed by atoms with Crippen LogP contribution < -0.4 is 11.3 Å². The molecule has 0 aliphatic rings. The van der Waals surface area contributed by atoms with Gasteiger partial charge >= 0.3 is 0 Å². The number of hydrogen-bond donors (Lipinski definition) is 2. The molecule has 2 rings (SSSR count). The lowest BCUT2D eigenvalue weighted by Crippen LogP contribution is -2.09. The van der Waals surface area contributed by atoms with Crippen LogP contribution in [0.4, 0.5) is 11.4 Å². The largest absolute Gasteiger partial charge is 0.324 e. The molecule has 7 nitrogen and oxygen atoms in total. The van der Waals surface area contributed by atoms with Gasteiger partial charge in [0.15, 0.2) is 4.34 Å². The number of benzene rings is 1. The number of nitrogens with zero attached hydrogens (tertiary/aromatic N) is 3. The summed E-state index contributed by atoms with van der Waals surface area (Å²) in [7, 11) is 0. The van der Waals surface area contributed by atoms with Crippen molar-refractivity contribution in [1.29, 1.82) is 0 Å². The average Bonchev–Trinajstić information content (AvgIpc) is 2.81. The van der Waals surface area contributed by atoms with E-state index < -0.39 is 4.92 Å². The summed E-state index contributed by atoms with van der Waals surface area (Å²) in [6.07, 6.45) is 0. The number of thioether (sulfide) groups is 1. The first-order chi connectivity index (χ1) is 9.10. The smallest absolute Gasteiger partial charge is 0.269 e. The van der Waals surface area contributed by atoms with Crippen molar-refractivity contribution in [3.8, 4) is 0 Å². The highest BCUT2D eigenvalue weighted by atomic mass is 32.2. The maximum atomic E-state index is 10.8. The third-order valence-corrected chi connectivity index (χ3v) is 4.29. The fraction of sp³-hybridized carbons (Fsp3) is 0.200. The van der Waals surface area contributed by atoms with E-state index in [9.17, 15) is 10.1 Å². The first kappa shape index (κ1) is 13.7. The molecular weight excluding hydrogens is 286 g/mol. The maximum absolute atomic E-state index is 10.8. The second-order valence-corrected chi connectivity index (χ2v) is 5.61. The van der Waals surface area contributed by atoms with Crippen molar-refractivity contribution in [2.24, 2.45) is 5.84 Å². The van der Waals surface area contributed by atoms with E-state index in [-0.39, 0.29) is 5.69 Å². The highest BCUT2D eigenvalue weighted by molar-refractivity contribution is 8.00. The number of aryl methyl sites for hydroxylation is 1. The molecule has 0 amide bonds. The zero-order valence-electron chi connectivity index (χ0n) is 9.99. The van der Waals surface area contributed by atoms with Gasteiger partial charge in [0.05, 0.1) is 10.6 Å². The van der Waals surface area contributed by atoms with Gasteiger partial charge in [-0.25, -0.2) is 4.98 Å². The molecule has 0 atom stereocenters. The number of aromatic nitrogens is 2. The molecule has 0 fully saturated rings. The summed E-state index contributed by atoms with van der Waals surface area (Å²) in [5, 5.41) is 10.8. The summed E-state index contributed by atoms with van der Waals surface area (Å²) in [6.45, 7) is 1.82. The Bertz CT molecular complexity index is 601. The molecule has 0 aliphatic carbocycles. The summed E-state index contributed by atoms with van der Waals surface area (Å²) >= 11 is 2.78. The lowest BCUT2D eigenvalue weighted by Gasteiger charge is -2.07. The van der Waals surface area contributed by atoms with Crippen LogP contribution >= 0.6 is 23.3 Å². The van der Waals surface area contributed by atoms with Crippen LogP contribution in [0.3, 0.4) is 0 Å². The summed E-state index contributed by atoms with van der Waals surface area (Å²) in [6, 6.07) is 4.52. The van der Waals surface area contributed by atoms with Crippen molar-refractivity contribution < 1.29 is 4.92 Å². The molecule has 0 unspecified atom stereocenters. The van der Waals surface area contributed by atoms with Crippen LogP contribution in [0.1, 0.15) is 11.4 Å². The van der Waals surface area contributed by atoms with E-state index in [4.69, 9.17) is 5.84 Å². The van der Waals surface area contributed by atoms with Gasteiger partial charge in [0.25, 0.3) is 5.69 Å². The number of anilines is 1. The lowest BCUT2D eigenvalue weighted by molar-refractivity contribution is -0.384. The van der Waals surface area contributed by atoms with Crippen LogP contribution in [-0.2, 0) is 5.75 Å². The van der Waals surface area contributed by atoms with E-state index in [1.807, 2.05) is 6.92 Å². The number of nitrogen functional groups attached to an aromatic ring is 1. The number of non-ortho nitro benzene ring substituents is 1. The van der Waals surface area contributed by atoms with Gasteiger partial charge in [0, 0.05) is 17.9 Å². The second kappa shape index (κ2) is 5.95. The standard InChI is InChI=1S/C10H11N5O2S2/c1-6-12-10(19-14-6)18-5-7-4-8(15(16)17)2-3-9(7)13-11/h2-4,13H,5,11H2,1H3. The molecule has 0 saturated heterocycles. The molecule has 100 valence electrons. The van der Waals surface area contributed by atoms with Gasteiger partial charge in [-0.1, -0.05) is 11.8 Å². The van der Waals surface area contributed by atoms with E-state index in [1.54, 1.807) is 6.07 Å². The third-order valence-electron chi connectivity index (χ3n) is 2.32. The fourth-order valence-corrected chi connectivity index (χ4v) is 3.07. The number of nitro groups is 1. The maximum Gasteiger partial charge on any atom is 0.269 e. The number of nitrogens with one attached hydrogen (secondary N) is 1. The van der Waals surface area contributed by atoms with E-state index in [0.717, 1.165) is 15.7 Å². The Morgan fingerprint density at radius 1 is 1.58 bits per heavy atom. The van der Waals surface area contributed by atoms with Crippen molar-refractivity contribution in [2.45, 2.75) is 17.0 Å². The van der Waals surface area contributed by atoms with E-state index in [2.05, 4.69) is 14.8 Å². The van der Waals surface area contributed by atoms with Gasteiger partial charge in [-0.05, 0) is 30.1 Å². The fourth-order valence-electron chi connectivity index (χ4n) is 1.43. The topological polar surface area (TPSA) is 107 Å². The van der Waals surface area contributed by atoms with Crippen molar-refractivity contribution in [1.82, 2.24) is 9.36 Å². The molecule has 2 aromatic rings. The third kappa shape index (κ3) is 3.40. The molecule has 9 heteroatoms. The van der Waals surface area contributed by atoms with Gasteiger partial charge in [-0.2, -0.15) is 4.37 Å². The Morgan fingerprint density at radius 3 is 2.95 bits per heavy atom. The predicted octanol–water partition coefficient (Wildman–Crippen LogP) is 2.33. The normalized spacial score (nSPS) is 10.4. The zero-order chi connectivity index (χ0) is 13.8. The molecule has 0 radical (unpaired) electrons. The molecule has 3 N–H and O–H groups in total. The lowest BCUT2D eigenvalue weighted by atomic mass is 10.2. The molecule has 1 aromatic carbocycles. The summed E-state index contributed by atoms with van der Waals surface area (Å²) < 4.78 is 4.90. The Labute approximate surface area is 117 Å². The van der Waals surface area contributed by atoms with Crippen LogP contribution in [0.15, 0.2) is 22.5 Å². The van der Waals surface area contributed by atoms with Gasteiger partial charge in [-0.3, -0.25) is 16.0 Å². The van der Waals surface area contributed by atoms with Crippen LogP contribution in [0.25, 0.3) is 0 Å². The van der Waals surface area contributed by atoms with Gasteiger partial charge < -0.3 is 5.43 Å². The Balaban J connectivity index is 2.17. The van der Waals surface area contributed by atoms with Crippen LogP contribution in [0, 0.1) is 17.0 Å². The Hall–Kier alpha value is -1.71. The van der Waals surface area contributed by atoms with Crippen LogP contribution in [0.5, 0.6) is 0 Å². The van der Waals surface area contributed by atoms with Crippen molar-refractivity contribution in [2.75, 3.05) is 5.43 Å². The number of nitro benzene ring substituents is 1. The minimum Gasteiger partial charge on any atom is -0.324 e. The summed E-state index contributed by atoms with van der Waals surface area (Å²) in [5.41, 5.74) is 4.00. The van der Waals surface area contributed by atoms with Crippen LogP contribution in [0.2, 0.25) is 0 Å². The van der Waals surface area contributed by atoms with Gasteiger partial charge in [-0.15, -0.1) is 0 Å². The molecule has 0 bridgehead atoms. The molecule has 0 spiro atoms. The summed E-state index contributed by atoms with van der Waals surface area (Å²) in [4.78, 5) is 14.6. The molecule has 1 aromatic heterocycles. The van der Waals surface area contributed by atoms with E-state index in [0.29, 0.717) is 11.4 Å². The first-order valence-corrected chi connectivity index (χ1v) is 7.03. The monoisotopic (exact) mass is 297 g/mol. The number of hydrogen-bond acceptors (Lipinski definition) is 8. The molecule has 0 saturated carbocycles. The van der Waals surface area contributed by atoms with Crippen molar-refractivity contribution >= 4 is 34.7 Å². The summed E-state index contributed by atoms with van der Waals surface area (Å²) in [5.74, 6) is 6.66. The highest BCUT2D eigenvalue weighted by Crippen LogP contribution is 2.29. The van der Waals surface area contributed by atoms with Crippen molar-refractivity contribution in [3.05, 3.63) is 39.7 Å². The molecule has 1 heterocycles. The van der Waals surface area contributed by atoms with Crippen molar-refractivity contribution in [3.63, 3.8) is 0 Å². The Morgan fingerprint density at radius 2 is 2.37 bits per heavy atom. The predicted molar refractivity (Wildman–Crippen MR) is 75.1 cm³/mol. The van der Waals surface area contributed by atoms with E-state index in [1.165, 1.54) is 35.4 Å². The highest BCUT2D eigenvalue weighted by Gasteiger charge is 2.11. The molecule has 19 heavy (non-hydrogen) atoms. The van der Waals surface area contributed by atoms with Crippen LogP contribution in [-0.4, -0.2) is 14.3 Å². The zero-order valence-corrected chi connectivity index (χ0v) is 11.6. The SMILES string of the molecule is Cc1nsc(SCc2cc([N+](=O)[O-])ccc2NN)n1. The average molecular weight is 297 g/mol. The minimum atomic E-state index is -0.427. The first-order valence-electron chi connectivity index (χ1n) is 5.27. The number of rotatable bonds is 5. The van der Waals surface area contributed by atoms with E-state index >= 15 is 0 Å². The second-order valence-electron chi connectivity index (χ2n) is 3.64. The number of nitrogens with two attached hydrogens (primary N) is 1. The van der Waals surface area contributed by atoms with Gasteiger partial charge in [0.1, 0.15) is 5.82 Å². The number of hydrazine groups is 1. The minimum absolute atomic E-state index is 0.0445. The van der Waals surface area contributed by atoms with Gasteiger partial charge in [0.2, 0.25) is 0 Å². The quantitative estimate of drug-likeness (QED) is 0.377. The Kier molecular flexibility index (Phi) is 4.30. The molecule has 0 aliphatic heterocycles. The molecular formula is C10H11N5O2S2.